The fourth-order valence-electron chi connectivity index (χ4n) is 9.81. The van der Waals surface area contributed by atoms with Crippen LogP contribution >= 0.6 is 0 Å². The van der Waals surface area contributed by atoms with Crippen molar-refractivity contribution in [1.29, 1.82) is 0 Å². The molecule has 5 nitrogen and oxygen atoms in total. The van der Waals surface area contributed by atoms with Crippen LogP contribution in [0.4, 0.5) is 22.7 Å². The van der Waals surface area contributed by atoms with E-state index in [9.17, 15) is 0 Å². The number of ether oxygens (including phenoxy) is 1. The average Bonchev–Trinajstić information content (AvgIpc) is 3.91. The van der Waals surface area contributed by atoms with Gasteiger partial charge in [-0.2, -0.15) is 12.1 Å². The molecule has 2 aliphatic rings. The maximum atomic E-state index is 6.73. The first-order valence-corrected chi connectivity index (χ1v) is 22.3. The van der Waals surface area contributed by atoms with Crippen molar-refractivity contribution in [2.45, 2.75) is 71.6 Å². The van der Waals surface area contributed by atoms with Gasteiger partial charge in [0.25, 0.3) is 0 Å². The van der Waals surface area contributed by atoms with E-state index >= 15 is 0 Å². The topological polar surface area (TPSA) is 33.5 Å². The van der Waals surface area contributed by atoms with E-state index in [1.54, 1.807) is 0 Å². The van der Waals surface area contributed by atoms with E-state index in [1.807, 2.05) is 18.3 Å². The van der Waals surface area contributed by atoms with Crippen LogP contribution in [0.3, 0.4) is 0 Å². The molecule has 9 aromatic rings. The number of pyridine rings is 1. The summed E-state index contributed by atoms with van der Waals surface area (Å²) in [6.07, 6.45) is 1.91. The number of benzene rings is 7. The number of hydrogen-bond donors (Lipinski definition) is 0. The minimum absolute atomic E-state index is 0. The number of aromatic nitrogens is 2. The molecule has 0 saturated carbocycles. The fourth-order valence-corrected chi connectivity index (χ4v) is 9.81. The van der Waals surface area contributed by atoms with Gasteiger partial charge in [0.05, 0.1) is 0 Å². The molecule has 7 aromatic carbocycles. The first kappa shape index (κ1) is 42.5. The van der Waals surface area contributed by atoms with E-state index in [1.165, 1.54) is 50.2 Å². The second-order valence-corrected chi connectivity index (χ2v) is 19.8. The minimum Gasteiger partial charge on any atom is -0.509 e. The van der Waals surface area contributed by atoms with Crippen LogP contribution in [0.25, 0.3) is 49.9 Å². The summed E-state index contributed by atoms with van der Waals surface area (Å²) in [5.41, 5.74) is 16.0. The van der Waals surface area contributed by atoms with Gasteiger partial charge >= 0.3 is 0 Å². The van der Waals surface area contributed by atoms with Crippen LogP contribution in [0.15, 0.2) is 158 Å². The molecule has 0 amide bonds. The SMILES string of the molecule is CC(C)(C)c1ccnc(-n2c3[c-]c(Oc4[c-]c(N5[CH-]N(c6c(-c7ccccc7)ccc7c6-c6ccccc6C7(C)C)c6ccc(C(C)(C)C)cc65)ccc4)ccc3c3ccccc32)c1.[Pt]. The molecule has 1 aliphatic carbocycles. The Labute approximate surface area is 397 Å². The van der Waals surface area contributed by atoms with Crippen molar-refractivity contribution in [3.63, 3.8) is 0 Å². The summed E-state index contributed by atoms with van der Waals surface area (Å²) in [6.45, 7) is 20.5. The predicted molar refractivity (Wildman–Crippen MR) is 265 cm³/mol. The molecule has 0 spiro atoms. The zero-order chi connectivity index (χ0) is 44.1. The third-order valence-corrected chi connectivity index (χ3v) is 13.3. The monoisotopic (exact) mass is 1030 g/mol. The third kappa shape index (κ3) is 7.07. The number of rotatable bonds is 6. The molecular weight excluding hydrogens is 976 g/mol. The fraction of sp³-hybridized carbons (Fsp3) is 0.186. The summed E-state index contributed by atoms with van der Waals surface area (Å²) in [6, 6.07) is 61.7. The van der Waals surface area contributed by atoms with Crippen molar-refractivity contribution in [3.05, 3.63) is 199 Å². The van der Waals surface area contributed by atoms with Crippen molar-refractivity contribution in [2.24, 2.45) is 0 Å². The molecule has 0 fully saturated rings. The van der Waals surface area contributed by atoms with Crippen LogP contribution < -0.4 is 14.5 Å². The van der Waals surface area contributed by atoms with Crippen molar-refractivity contribution >= 4 is 44.6 Å². The van der Waals surface area contributed by atoms with Gasteiger partial charge in [0.1, 0.15) is 5.82 Å². The Hall–Kier alpha value is -6.42. The normalized spacial score (nSPS) is 14.0. The van der Waals surface area contributed by atoms with Crippen LogP contribution in [0, 0.1) is 18.8 Å². The van der Waals surface area contributed by atoms with E-state index < -0.39 is 0 Å². The summed E-state index contributed by atoms with van der Waals surface area (Å²) >= 11 is 0. The summed E-state index contributed by atoms with van der Waals surface area (Å²) in [5, 5.41) is 2.24. The molecule has 0 bridgehead atoms. The van der Waals surface area contributed by atoms with E-state index in [4.69, 9.17) is 9.72 Å². The third-order valence-electron chi connectivity index (χ3n) is 13.3. The molecule has 2 aromatic heterocycles. The Bertz CT molecular complexity index is 3300. The van der Waals surface area contributed by atoms with Gasteiger partial charge < -0.3 is 19.1 Å². The molecule has 65 heavy (non-hydrogen) atoms. The molecule has 6 heteroatoms. The van der Waals surface area contributed by atoms with Gasteiger partial charge in [0.15, 0.2) is 0 Å². The average molecular weight is 1030 g/mol. The summed E-state index contributed by atoms with van der Waals surface area (Å²) in [5.74, 6) is 2.06. The van der Waals surface area contributed by atoms with Gasteiger partial charge in [-0.05, 0) is 79.9 Å². The van der Waals surface area contributed by atoms with Gasteiger partial charge in [-0.1, -0.05) is 152 Å². The van der Waals surface area contributed by atoms with Gasteiger partial charge in [0.2, 0.25) is 0 Å². The summed E-state index contributed by atoms with van der Waals surface area (Å²) < 4.78 is 8.93. The summed E-state index contributed by atoms with van der Waals surface area (Å²) in [7, 11) is 0. The molecular formula is C59H51N4OPt-3. The Kier molecular flexibility index (Phi) is 10.2. The van der Waals surface area contributed by atoms with E-state index in [2.05, 4.69) is 228 Å². The maximum absolute atomic E-state index is 6.73. The zero-order valence-electron chi connectivity index (χ0n) is 38.1. The van der Waals surface area contributed by atoms with Crippen LogP contribution in [0.5, 0.6) is 11.5 Å². The van der Waals surface area contributed by atoms with Crippen LogP contribution in [0.1, 0.15) is 77.6 Å². The maximum Gasteiger partial charge on any atom is 0.135 e. The summed E-state index contributed by atoms with van der Waals surface area (Å²) in [4.78, 5) is 9.56. The van der Waals surface area contributed by atoms with Crippen LogP contribution in [-0.4, -0.2) is 9.55 Å². The van der Waals surface area contributed by atoms with Gasteiger partial charge in [-0.15, -0.1) is 48.1 Å². The minimum atomic E-state index is -0.158. The van der Waals surface area contributed by atoms with Gasteiger partial charge in [-0.25, -0.2) is 4.98 Å². The Balaban J connectivity index is 0.00000498. The van der Waals surface area contributed by atoms with Crippen molar-refractivity contribution < 1.29 is 25.8 Å². The first-order chi connectivity index (χ1) is 30.8. The molecule has 0 saturated heterocycles. The Morgan fingerprint density at radius 2 is 1.31 bits per heavy atom. The molecule has 0 radical (unpaired) electrons. The van der Waals surface area contributed by atoms with E-state index in [0.717, 1.165) is 44.7 Å². The number of fused-ring (bicyclic) bond motifs is 7. The molecule has 326 valence electrons. The van der Waals surface area contributed by atoms with Crippen LogP contribution in [0.2, 0.25) is 0 Å². The molecule has 0 N–H and O–H groups in total. The van der Waals surface area contributed by atoms with Crippen molar-refractivity contribution in [2.75, 3.05) is 9.80 Å². The quantitative estimate of drug-likeness (QED) is 0.155. The number of nitrogens with zero attached hydrogens (tertiary/aromatic N) is 4. The van der Waals surface area contributed by atoms with Crippen molar-refractivity contribution in [3.8, 4) is 39.6 Å². The molecule has 0 atom stereocenters. The van der Waals surface area contributed by atoms with Crippen molar-refractivity contribution in [1.82, 2.24) is 9.55 Å². The predicted octanol–water partition coefficient (Wildman–Crippen LogP) is 15.5. The number of anilines is 4. The van der Waals surface area contributed by atoms with E-state index in [0.29, 0.717) is 11.5 Å². The molecule has 0 unspecified atom stereocenters. The number of hydrogen-bond acceptors (Lipinski definition) is 4. The largest absolute Gasteiger partial charge is 0.509 e. The van der Waals surface area contributed by atoms with Gasteiger partial charge in [0, 0.05) is 77.9 Å². The smallest absolute Gasteiger partial charge is 0.135 e. The van der Waals surface area contributed by atoms with Crippen LogP contribution in [-0.2, 0) is 37.3 Å². The Morgan fingerprint density at radius 3 is 2.11 bits per heavy atom. The molecule has 1 aliphatic heterocycles. The standard InChI is InChI=1S/C59H51N4O.Pt/c1-57(2,3)39-25-30-51-53(33-39)61(37-62(51)56-44(38-17-10-9-11-18-38)28-29-49-55(56)47-22-12-14-23-48(47)59(49,7)8)41-19-16-20-42(35-41)64-43-26-27-46-45-21-13-15-24-50(45)63(52(46)36-43)54-34-40(31-32-60-54)58(4,5)6;/h9-34,37H,1-8H3;/q-3;. The zero-order valence-corrected chi connectivity index (χ0v) is 40.4. The second-order valence-electron chi connectivity index (χ2n) is 19.8. The first-order valence-electron chi connectivity index (χ1n) is 22.3. The van der Waals surface area contributed by atoms with Gasteiger partial charge in [-0.3, -0.25) is 0 Å². The molecule has 3 heterocycles. The number of para-hydroxylation sites is 1. The second kappa shape index (κ2) is 15.6. The molecule has 11 rings (SSSR count). The van der Waals surface area contributed by atoms with E-state index in [-0.39, 0.29) is 37.3 Å². The Morgan fingerprint density at radius 1 is 0.585 bits per heavy atom.